The van der Waals surface area contributed by atoms with Crippen LogP contribution in [0.25, 0.3) is 0 Å². The minimum Gasteiger partial charge on any atom is -0.507 e. The summed E-state index contributed by atoms with van der Waals surface area (Å²) in [7, 11) is 0. The monoisotopic (exact) mass is 860 g/mol. The molecule has 0 radical (unpaired) electrons. The van der Waals surface area contributed by atoms with E-state index in [0.717, 1.165) is 48.9 Å². The lowest BCUT2D eigenvalue weighted by atomic mass is 10.1. The van der Waals surface area contributed by atoms with Gasteiger partial charge in [0, 0.05) is 88.0 Å². The first-order valence-electron chi connectivity index (χ1n) is 19.0. The van der Waals surface area contributed by atoms with Gasteiger partial charge in [0.2, 0.25) is 0 Å². The molecular formula is C41H42F6N6O8. The molecule has 2 heterocycles. The average molecular weight is 861 g/mol. The summed E-state index contributed by atoms with van der Waals surface area (Å²) < 4.78 is 82.1. The lowest BCUT2D eigenvalue weighted by Gasteiger charge is -2.36. The van der Waals surface area contributed by atoms with Crippen LogP contribution in [0.2, 0.25) is 0 Å². The van der Waals surface area contributed by atoms with E-state index in [2.05, 4.69) is 0 Å². The van der Waals surface area contributed by atoms with Gasteiger partial charge in [-0.25, -0.2) is 0 Å². The standard InChI is InChI=1S/C23H26F3N3O4.C18H16F3N3O4/c1-16(2)9-14-33-21-8-7-19(29(31)32)15-20(21)22(30)28-12-10-27(11-13-28)18-5-3-17(4-6-18)23(24,25)26;19-18(20,21)12-1-3-13(4-2-12)22-7-9-23(10-8-22)17(26)15-11-14(24(27)28)5-6-16(15)25/h3-8,15-16H,9-14H2,1-2H3;1-6,11,25H,7-10H2. The Bertz CT molecular complexity index is 2190. The van der Waals surface area contributed by atoms with E-state index in [1.807, 2.05) is 23.6 Å². The van der Waals surface area contributed by atoms with Crippen LogP contribution in [0.5, 0.6) is 11.5 Å². The van der Waals surface area contributed by atoms with Crippen LogP contribution < -0.4 is 14.5 Å². The number of carbonyl (C=O) groups excluding carboxylic acids is 2. The lowest BCUT2D eigenvalue weighted by Crippen LogP contribution is -2.48. The predicted molar refractivity (Wildman–Crippen MR) is 212 cm³/mol. The zero-order chi connectivity index (χ0) is 44.6. The Morgan fingerprint density at radius 3 is 1.43 bits per heavy atom. The van der Waals surface area contributed by atoms with Crippen LogP contribution in [-0.2, 0) is 12.4 Å². The topological polar surface area (TPSA) is 163 Å². The Hall–Kier alpha value is -6.60. The summed E-state index contributed by atoms with van der Waals surface area (Å²) in [6.45, 7) is 7.27. The highest BCUT2D eigenvalue weighted by molar-refractivity contribution is 5.98. The van der Waals surface area contributed by atoms with Gasteiger partial charge in [0.05, 0.1) is 38.7 Å². The van der Waals surface area contributed by atoms with Crippen LogP contribution in [-0.4, -0.2) is 95.5 Å². The van der Waals surface area contributed by atoms with Gasteiger partial charge < -0.3 is 29.4 Å². The normalized spacial score (nSPS) is 14.6. The molecule has 0 bridgehead atoms. The van der Waals surface area contributed by atoms with Crippen molar-refractivity contribution in [3.8, 4) is 11.5 Å². The lowest BCUT2D eigenvalue weighted by molar-refractivity contribution is -0.385. The molecular weight excluding hydrogens is 818 g/mol. The minimum absolute atomic E-state index is 0.135. The number of hydrogen-bond donors (Lipinski definition) is 1. The fraction of sp³-hybridized carbons (Fsp3) is 0.366. The van der Waals surface area contributed by atoms with E-state index in [1.54, 1.807) is 4.90 Å². The summed E-state index contributed by atoms with van der Waals surface area (Å²) >= 11 is 0. The predicted octanol–water partition coefficient (Wildman–Crippen LogP) is 8.28. The smallest absolute Gasteiger partial charge is 0.416 e. The second-order valence-corrected chi connectivity index (χ2v) is 14.6. The molecule has 0 spiro atoms. The maximum absolute atomic E-state index is 13.2. The van der Waals surface area contributed by atoms with E-state index in [1.165, 1.54) is 47.4 Å². The number of alkyl halides is 6. The van der Waals surface area contributed by atoms with Gasteiger partial charge in [0.25, 0.3) is 23.2 Å². The maximum atomic E-state index is 13.2. The summed E-state index contributed by atoms with van der Waals surface area (Å²) in [6, 6.07) is 16.9. The molecule has 0 aromatic heterocycles. The first-order valence-corrected chi connectivity index (χ1v) is 19.0. The molecule has 2 amide bonds. The van der Waals surface area contributed by atoms with Crippen molar-refractivity contribution in [2.45, 2.75) is 32.6 Å². The highest BCUT2D eigenvalue weighted by Crippen LogP contribution is 2.33. The number of phenolic OH excluding ortho intramolecular Hbond substituents is 1. The van der Waals surface area contributed by atoms with Crippen molar-refractivity contribution in [2.24, 2.45) is 5.92 Å². The van der Waals surface area contributed by atoms with Crippen molar-refractivity contribution in [1.82, 2.24) is 9.80 Å². The maximum Gasteiger partial charge on any atom is 0.416 e. The quantitative estimate of drug-likeness (QED) is 0.0933. The average Bonchev–Trinajstić information content (AvgIpc) is 3.23. The number of halogens is 6. The molecule has 61 heavy (non-hydrogen) atoms. The zero-order valence-corrected chi connectivity index (χ0v) is 33.0. The molecule has 1 N–H and O–H groups in total. The number of ether oxygens (including phenoxy) is 1. The Kier molecular flexibility index (Phi) is 14.3. The largest absolute Gasteiger partial charge is 0.507 e. The summed E-state index contributed by atoms with van der Waals surface area (Å²) in [6.07, 6.45) is -8.02. The van der Waals surface area contributed by atoms with Gasteiger partial charge in [0.15, 0.2) is 0 Å². The Morgan fingerprint density at radius 2 is 1.03 bits per heavy atom. The van der Waals surface area contributed by atoms with Crippen LogP contribution in [0.15, 0.2) is 84.9 Å². The molecule has 4 aromatic carbocycles. The Balaban J connectivity index is 0.000000234. The van der Waals surface area contributed by atoms with E-state index in [-0.39, 0.29) is 47.2 Å². The van der Waals surface area contributed by atoms with Crippen molar-refractivity contribution in [3.63, 3.8) is 0 Å². The number of non-ortho nitro benzene ring substituents is 2. The minimum atomic E-state index is -4.40. The van der Waals surface area contributed by atoms with E-state index in [9.17, 15) is 61.3 Å². The highest BCUT2D eigenvalue weighted by Gasteiger charge is 2.32. The van der Waals surface area contributed by atoms with Gasteiger partial charge in [-0.05, 0) is 73.0 Å². The molecule has 4 aromatic rings. The van der Waals surface area contributed by atoms with E-state index in [0.29, 0.717) is 68.9 Å². The van der Waals surface area contributed by atoms with Gasteiger partial charge in [-0.2, -0.15) is 26.3 Å². The summed E-state index contributed by atoms with van der Waals surface area (Å²) in [5.74, 6) is -0.545. The summed E-state index contributed by atoms with van der Waals surface area (Å²) in [5.41, 5.74) is -0.709. The number of hydrogen-bond acceptors (Lipinski definition) is 10. The Labute approximate surface area is 345 Å². The second-order valence-electron chi connectivity index (χ2n) is 14.6. The number of phenols is 1. The van der Waals surface area contributed by atoms with Gasteiger partial charge in [-0.1, -0.05) is 13.8 Å². The Morgan fingerprint density at radius 1 is 0.639 bits per heavy atom. The van der Waals surface area contributed by atoms with Crippen LogP contribution in [0.3, 0.4) is 0 Å². The third-order valence-corrected chi connectivity index (χ3v) is 10.0. The number of nitrogens with zero attached hydrogens (tertiary/aromatic N) is 6. The third kappa shape index (κ3) is 11.8. The molecule has 2 saturated heterocycles. The van der Waals surface area contributed by atoms with Crippen LogP contribution >= 0.6 is 0 Å². The first-order chi connectivity index (χ1) is 28.7. The van der Waals surface area contributed by atoms with Gasteiger partial charge >= 0.3 is 12.4 Å². The molecule has 2 aliphatic rings. The van der Waals surface area contributed by atoms with Gasteiger partial charge in [0.1, 0.15) is 11.5 Å². The summed E-state index contributed by atoms with van der Waals surface area (Å²) in [4.78, 5) is 53.4. The third-order valence-electron chi connectivity index (χ3n) is 10.0. The molecule has 0 atom stereocenters. The van der Waals surface area contributed by atoms with Crippen molar-refractivity contribution in [3.05, 3.63) is 127 Å². The zero-order valence-electron chi connectivity index (χ0n) is 33.0. The molecule has 20 heteroatoms. The molecule has 0 unspecified atom stereocenters. The molecule has 326 valence electrons. The molecule has 2 fully saturated rings. The highest BCUT2D eigenvalue weighted by atomic mass is 19.4. The molecule has 2 aliphatic heterocycles. The van der Waals surface area contributed by atoms with Crippen molar-refractivity contribution in [1.29, 1.82) is 0 Å². The van der Waals surface area contributed by atoms with Crippen LogP contribution in [0, 0.1) is 26.1 Å². The SMILES string of the molecule is CC(C)CCOc1ccc([N+](=O)[O-])cc1C(=O)N1CCN(c2ccc(C(F)(F)F)cc2)CC1.O=C(c1cc([N+](=O)[O-])ccc1O)N1CCN(c2ccc(C(F)(F)F)cc2)CC1. The van der Waals surface area contributed by atoms with E-state index in [4.69, 9.17) is 4.74 Å². The van der Waals surface area contributed by atoms with Crippen molar-refractivity contribution >= 4 is 34.6 Å². The molecule has 0 aliphatic carbocycles. The summed E-state index contributed by atoms with van der Waals surface area (Å²) in [5, 5.41) is 32.0. The fourth-order valence-electron chi connectivity index (χ4n) is 6.54. The van der Waals surface area contributed by atoms with Crippen molar-refractivity contribution < 1.29 is 55.6 Å². The number of rotatable bonds is 10. The first kappa shape index (κ1) is 45.5. The number of nitro groups is 2. The number of anilines is 2. The van der Waals surface area contributed by atoms with E-state index < -0.39 is 39.2 Å². The van der Waals surface area contributed by atoms with Crippen LogP contribution in [0.4, 0.5) is 49.1 Å². The van der Waals surface area contributed by atoms with E-state index >= 15 is 0 Å². The number of carbonyl (C=O) groups is 2. The van der Waals surface area contributed by atoms with Crippen LogP contribution in [0.1, 0.15) is 52.1 Å². The number of nitro benzene ring substituents is 2. The van der Waals surface area contributed by atoms with Crippen molar-refractivity contribution in [2.75, 3.05) is 68.8 Å². The second kappa shape index (κ2) is 19.2. The number of benzene rings is 4. The number of amides is 2. The molecule has 6 rings (SSSR count). The number of piperazine rings is 2. The molecule has 0 saturated carbocycles. The fourth-order valence-corrected chi connectivity index (χ4v) is 6.54. The number of aromatic hydroxyl groups is 1. The van der Waals surface area contributed by atoms with Gasteiger partial charge in [-0.3, -0.25) is 29.8 Å². The van der Waals surface area contributed by atoms with Gasteiger partial charge in [-0.15, -0.1) is 0 Å². The molecule has 14 nitrogen and oxygen atoms in total.